The summed E-state index contributed by atoms with van der Waals surface area (Å²) in [5.74, 6) is 1.22. The second-order valence-corrected chi connectivity index (χ2v) is 13.2. The quantitative estimate of drug-likeness (QED) is 0.288. The van der Waals surface area contributed by atoms with Gasteiger partial charge >= 0.3 is 0 Å². The summed E-state index contributed by atoms with van der Waals surface area (Å²) in [6, 6.07) is 18.3. The Kier molecular flexibility index (Phi) is 11.0. The number of benzene rings is 2. The lowest BCUT2D eigenvalue weighted by molar-refractivity contribution is -0.129. The molecular weight excluding hydrogens is 607 g/mol. The first-order chi connectivity index (χ1) is 21.8. The summed E-state index contributed by atoms with van der Waals surface area (Å²) < 4.78 is 1.81. The van der Waals surface area contributed by atoms with Crippen molar-refractivity contribution < 1.29 is 14.4 Å². The van der Waals surface area contributed by atoms with E-state index in [0.29, 0.717) is 49.1 Å². The average molecular weight is 646 g/mol. The first-order valence-corrected chi connectivity index (χ1v) is 17.5. The molecular formula is C33H39N7O3S2. The average Bonchev–Trinajstić information content (AvgIpc) is 3.72. The number of hydrogen-bond acceptors (Lipinski definition) is 8. The van der Waals surface area contributed by atoms with Crippen LogP contribution in [0.1, 0.15) is 54.8 Å². The standard InChI is InChI=1S/C33H39N7O3S2/c1-22(2)28-30-37-29(24-13-8-5-9-14-24)38-40(30)19-18-39(17-10-15-27(41)34-25(16-20-44-3)31(42)36-28)33(43)32-35-26(21-45-32)23-11-6-4-7-12-23/h4-9,11-14,21-22,25,28H,10,15-20H2,1-3H3,(H,34,41)(H,36,42)/t25-,28+/m0/s1. The topological polar surface area (TPSA) is 122 Å². The summed E-state index contributed by atoms with van der Waals surface area (Å²) in [5.41, 5.74) is 2.56. The van der Waals surface area contributed by atoms with Gasteiger partial charge in [0, 0.05) is 36.0 Å². The van der Waals surface area contributed by atoms with Crippen LogP contribution in [0.25, 0.3) is 22.6 Å². The van der Waals surface area contributed by atoms with Crippen LogP contribution in [0, 0.1) is 5.92 Å². The van der Waals surface area contributed by atoms with Crippen molar-refractivity contribution in [2.75, 3.05) is 25.1 Å². The molecule has 0 spiro atoms. The Balaban J connectivity index is 1.49. The SMILES string of the molecule is CSCC[C@@H]1NC(=O)CCCN(C(=O)c2nc(-c3ccccc3)cs2)CCn2nc(-c3ccccc3)nc2[C@@H](C(C)C)NC1=O. The van der Waals surface area contributed by atoms with Crippen LogP contribution in [0.4, 0.5) is 0 Å². The number of rotatable bonds is 7. The molecule has 0 saturated heterocycles. The molecule has 1 aliphatic heterocycles. The number of amides is 3. The zero-order chi connectivity index (χ0) is 31.8. The molecule has 3 amide bonds. The lowest BCUT2D eigenvalue weighted by Gasteiger charge is -2.27. The van der Waals surface area contributed by atoms with Gasteiger partial charge in [0.05, 0.1) is 18.3 Å². The molecule has 10 nitrogen and oxygen atoms in total. The van der Waals surface area contributed by atoms with E-state index in [4.69, 9.17) is 10.1 Å². The Morgan fingerprint density at radius 1 is 0.978 bits per heavy atom. The Bertz CT molecular complexity index is 1590. The minimum Gasteiger partial charge on any atom is -0.344 e. The summed E-state index contributed by atoms with van der Waals surface area (Å²) >= 11 is 2.94. The van der Waals surface area contributed by atoms with Crippen LogP contribution < -0.4 is 10.6 Å². The molecule has 3 heterocycles. The molecule has 0 aliphatic carbocycles. The predicted molar refractivity (Wildman–Crippen MR) is 179 cm³/mol. The maximum absolute atomic E-state index is 13.9. The van der Waals surface area contributed by atoms with Gasteiger partial charge in [0.1, 0.15) is 6.04 Å². The van der Waals surface area contributed by atoms with Gasteiger partial charge in [0.15, 0.2) is 16.7 Å². The second-order valence-electron chi connectivity index (χ2n) is 11.3. The van der Waals surface area contributed by atoms with Crippen LogP contribution in [0.5, 0.6) is 0 Å². The highest BCUT2D eigenvalue weighted by atomic mass is 32.2. The number of nitrogens with zero attached hydrogens (tertiary/aromatic N) is 5. The molecule has 12 heteroatoms. The zero-order valence-corrected chi connectivity index (χ0v) is 27.4. The number of hydrogen-bond donors (Lipinski definition) is 2. The van der Waals surface area contributed by atoms with Gasteiger partial charge in [-0.05, 0) is 30.8 Å². The van der Waals surface area contributed by atoms with E-state index in [9.17, 15) is 14.4 Å². The maximum atomic E-state index is 13.9. The number of carbonyl (C=O) groups excluding carboxylic acids is 3. The molecule has 0 bridgehead atoms. The van der Waals surface area contributed by atoms with Crippen molar-refractivity contribution in [3.63, 3.8) is 0 Å². The fraction of sp³-hybridized carbons (Fsp3) is 0.394. The maximum Gasteiger partial charge on any atom is 0.282 e. The lowest BCUT2D eigenvalue weighted by atomic mass is 10.0. The van der Waals surface area contributed by atoms with E-state index in [2.05, 4.69) is 15.6 Å². The van der Waals surface area contributed by atoms with Gasteiger partial charge in [-0.15, -0.1) is 11.3 Å². The van der Waals surface area contributed by atoms with E-state index in [1.54, 1.807) is 16.7 Å². The van der Waals surface area contributed by atoms with E-state index in [0.717, 1.165) is 22.6 Å². The van der Waals surface area contributed by atoms with Crippen LogP contribution in [0.15, 0.2) is 66.0 Å². The normalized spacial score (nSPS) is 18.2. The molecule has 2 N–H and O–H groups in total. The zero-order valence-electron chi connectivity index (χ0n) is 25.8. The van der Waals surface area contributed by atoms with Crippen LogP contribution in [-0.4, -0.2) is 73.5 Å². The molecule has 2 aromatic heterocycles. The van der Waals surface area contributed by atoms with E-state index in [-0.39, 0.29) is 30.1 Å². The molecule has 236 valence electrons. The van der Waals surface area contributed by atoms with Crippen molar-refractivity contribution >= 4 is 40.8 Å². The molecule has 0 saturated carbocycles. The molecule has 4 aromatic rings. The van der Waals surface area contributed by atoms with E-state index in [1.165, 1.54) is 11.3 Å². The van der Waals surface area contributed by atoms with Gasteiger partial charge in [-0.2, -0.15) is 16.9 Å². The Morgan fingerprint density at radius 3 is 2.38 bits per heavy atom. The van der Waals surface area contributed by atoms with E-state index >= 15 is 0 Å². The smallest absolute Gasteiger partial charge is 0.282 e. The van der Waals surface area contributed by atoms with Crippen LogP contribution >= 0.6 is 23.1 Å². The minimum absolute atomic E-state index is 0.0187. The molecule has 0 radical (unpaired) electrons. The van der Waals surface area contributed by atoms with E-state index in [1.807, 2.05) is 90.8 Å². The largest absolute Gasteiger partial charge is 0.344 e. The van der Waals surface area contributed by atoms with Crippen molar-refractivity contribution in [2.45, 2.75) is 51.7 Å². The Labute approximate surface area is 272 Å². The third kappa shape index (κ3) is 8.17. The highest BCUT2D eigenvalue weighted by Crippen LogP contribution is 2.26. The first-order valence-electron chi connectivity index (χ1n) is 15.2. The van der Waals surface area contributed by atoms with Crippen molar-refractivity contribution in [1.82, 2.24) is 35.3 Å². The second kappa shape index (κ2) is 15.3. The fourth-order valence-corrected chi connectivity index (χ4v) is 6.49. The van der Waals surface area contributed by atoms with Gasteiger partial charge in [-0.1, -0.05) is 74.5 Å². The lowest BCUT2D eigenvalue weighted by Crippen LogP contribution is -2.49. The number of thioether (sulfide) groups is 1. The summed E-state index contributed by atoms with van der Waals surface area (Å²) in [4.78, 5) is 51.8. The molecule has 2 atom stereocenters. The number of fused-ring (bicyclic) bond motifs is 1. The number of nitrogens with one attached hydrogen (secondary N) is 2. The van der Waals surface area contributed by atoms with Crippen LogP contribution in [0.2, 0.25) is 0 Å². The minimum atomic E-state index is -0.677. The van der Waals surface area contributed by atoms with Gasteiger partial charge in [-0.25, -0.2) is 14.6 Å². The predicted octanol–water partition coefficient (Wildman–Crippen LogP) is 5.06. The number of carbonyl (C=O) groups is 3. The van der Waals surface area contributed by atoms with Crippen molar-refractivity contribution in [3.05, 3.63) is 76.9 Å². The Morgan fingerprint density at radius 2 is 1.69 bits per heavy atom. The van der Waals surface area contributed by atoms with E-state index < -0.39 is 12.1 Å². The highest BCUT2D eigenvalue weighted by Gasteiger charge is 2.30. The van der Waals surface area contributed by atoms with Crippen molar-refractivity contribution in [1.29, 1.82) is 0 Å². The first kappa shape index (κ1) is 32.4. The molecule has 1 aliphatic rings. The number of thiazole rings is 1. The Hall–Kier alpha value is -4.03. The highest BCUT2D eigenvalue weighted by molar-refractivity contribution is 7.98. The van der Waals surface area contributed by atoms with Crippen molar-refractivity contribution in [3.8, 4) is 22.6 Å². The van der Waals surface area contributed by atoms with Crippen molar-refractivity contribution in [2.24, 2.45) is 5.92 Å². The van der Waals surface area contributed by atoms with Gasteiger partial charge in [-0.3, -0.25) is 14.4 Å². The summed E-state index contributed by atoms with van der Waals surface area (Å²) in [5, 5.41) is 13.3. The van der Waals surface area contributed by atoms with Gasteiger partial charge in [0.2, 0.25) is 11.8 Å². The summed E-state index contributed by atoms with van der Waals surface area (Å²) in [6.07, 6.45) is 3.12. The third-order valence-electron chi connectivity index (χ3n) is 7.69. The van der Waals surface area contributed by atoms with Gasteiger partial charge in [0.25, 0.3) is 5.91 Å². The monoisotopic (exact) mass is 645 g/mol. The van der Waals surface area contributed by atoms with Crippen LogP contribution in [0.3, 0.4) is 0 Å². The molecule has 0 fully saturated rings. The molecule has 5 rings (SSSR count). The molecule has 2 aromatic carbocycles. The fourth-order valence-electron chi connectivity index (χ4n) is 5.22. The summed E-state index contributed by atoms with van der Waals surface area (Å²) in [6.45, 7) is 5.09. The summed E-state index contributed by atoms with van der Waals surface area (Å²) in [7, 11) is 0. The molecule has 45 heavy (non-hydrogen) atoms. The number of aromatic nitrogens is 4. The van der Waals surface area contributed by atoms with Crippen LogP contribution in [-0.2, 0) is 16.1 Å². The van der Waals surface area contributed by atoms with Gasteiger partial charge < -0.3 is 15.5 Å². The third-order valence-corrected chi connectivity index (χ3v) is 9.17. The molecule has 0 unspecified atom stereocenters.